The number of anilines is 1. The lowest BCUT2D eigenvalue weighted by Gasteiger charge is -2.19. The number of ether oxygens (including phenoxy) is 2. The van der Waals surface area contributed by atoms with Crippen molar-refractivity contribution in [2.24, 2.45) is 0 Å². The van der Waals surface area contributed by atoms with Crippen LogP contribution in [0.15, 0.2) is 18.2 Å². The summed E-state index contributed by atoms with van der Waals surface area (Å²) in [6.07, 6.45) is -0.884. The van der Waals surface area contributed by atoms with Crippen LogP contribution < -0.4 is 15.0 Å². The summed E-state index contributed by atoms with van der Waals surface area (Å²) < 4.78 is 10.9. The molecule has 9 heteroatoms. The normalized spacial score (nSPS) is 19.6. The summed E-state index contributed by atoms with van der Waals surface area (Å²) in [4.78, 5) is 37.5. The molecule has 3 rings (SSSR count). The van der Waals surface area contributed by atoms with Crippen LogP contribution in [-0.4, -0.2) is 62.9 Å². The van der Waals surface area contributed by atoms with Gasteiger partial charge in [0.1, 0.15) is 18.5 Å². The smallest absolute Gasteiger partial charge is 0.414 e. The highest BCUT2D eigenvalue weighted by Crippen LogP contribution is 2.30. The van der Waals surface area contributed by atoms with E-state index in [1.54, 1.807) is 18.2 Å². The van der Waals surface area contributed by atoms with Gasteiger partial charge in [-0.1, -0.05) is 0 Å². The van der Waals surface area contributed by atoms with Gasteiger partial charge in [-0.3, -0.25) is 14.5 Å². The zero-order chi connectivity index (χ0) is 18.0. The van der Waals surface area contributed by atoms with Gasteiger partial charge in [-0.2, -0.15) is 0 Å². The standard InChI is InChI=1S/C16H18BN3O5/c1-10(21)18-7-13-9-20(16(23)25-13)12-2-3-14-11(6-12)8-19(15(17)22)4-5-24-14/h2-3,6,13H,4-5,7-9H2,1H3,(H,18,21)/t13-/m0/s1. The monoisotopic (exact) mass is 343 g/mol. The Morgan fingerprint density at radius 2 is 2.20 bits per heavy atom. The van der Waals surface area contributed by atoms with E-state index < -0.39 is 18.0 Å². The van der Waals surface area contributed by atoms with Crippen molar-refractivity contribution in [2.45, 2.75) is 19.6 Å². The molecule has 0 aromatic heterocycles. The van der Waals surface area contributed by atoms with Gasteiger partial charge in [0.2, 0.25) is 13.8 Å². The number of rotatable bonds is 3. The highest BCUT2D eigenvalue weighted by molar-refractivity contribution is 6.56. The number of fused-ring (bicyclic) bond motifs is 1. The van der Waals surface area contributed by atoms with E-state index in [0.29, 0.717) is 37.7 Å². The number of cyclic esters (lactones) is 1. The molecule has 2 heterocycles. The average molecular weight is 343 g/mol. The first kappa shape index (κ1) is 17.1. The first-order valence-corrected chi connectivity index (χ1v) is 7.96. The van der Waals surface area contributed by atoms with E-state index in [2.05, 4.69) is 5.32 Å². The van der Waals surface area contributed by atoms with Crippen LogP contribution in [0.2, 0.25) is 0 Å². The van der Waals surface area contributed by atoms with Crippen LogP contribution in [0.25, 0.3) is 0 Å². The number of amides is 3. The molecule has 1 N–H and O–H groups in total. The largest absolute Gasteiger partial charge is 0.491 e. The van der Waals surface area contributed by atoms with E-state index in [1.165, 1.54) is 16.7 Å². The molecule has 8 nitrogen and oxygen atoms in total. The molecule has 2 radical (unpaired) electrons. The van der Waals surface area contributed by atoms with Crippen molar-refractivity contribution >= 4 is 31.3 Å². The summed E-state index contributed by atoms with van der Waals surface area (Å²) in [7, 11) is 5.36. The SMILES string of the molecule is [B]C(=O)N1CCOc2ccc(N3C[C@H](CNC(C)=O)OC3=O)cc2C1. The summed E-state index contributed by atoms with van der Waals surface area (Å²) in [5, 5.41) is 2.64. The maximum atomic E-state index is 12.1. The van der Waals surface area contributed by atoms with Gasteiger partial charge in [-0.25, -0.2) is 4.79 Å². The second kappa shape index (κ2) is 7.04. The van der Waals surface area contributed by atoms with Crippen LogP contribution in [-0.2, 0) is 16.1 Å². The number of carbonyl (C=O) groups excluding carboxylic acids is 3. The molecule has 2 aliphatic rings. The molecular formula is C16H18BN3O5. The number of nitrogens with one attached hydrogen (secondary N) is 1. The van der Waals surface area contributed by atoms with Crippen LogP contribution in [0, 0.1) is 0 Å². The molecule has 1 fully saturated rings. The average Bonchev–Trinajstić information content (AvgIpc) is 2.80. The highest BCUT2D eigenvalue weighted by atomic mass is 16.6. The minimum absolute atomic E-state index is 0.178. The van der Waals surface area contributed by atoms with Crippen LogP contribution in [0.4, 0.5) is 15.3 Å². The zero-order valence-corrected chi connectivity index (χ0v) is 13.9. The zero-order valence-electron chi connectivity index (χ0n) is 13.9. The van der Waals surface area contributed by atoms with Gasteiger partial charge in [0.05, 0.1) is 19.6 Å². The third-order valence-electron chi connectivity index (χ3n) is 4.10. The lowest BCUT2D eigenvalue weighted by Crippen LogP contribution is -2.33. The van der Waals surface area contributed by atoms with E-state index >= 15 is 0 Å². The molecule has 3 amide bonds. The molecule has 1 aromatic carbocycles. The number of nitrogens with zero attached hydrogens (tertiary/aromatic N) is 2. The molecular weight excluding hydrogens is 325 g/mol. The second-order valence-corrected chi connectivity index (χ2v) is 5.95. The van der Waals surface area contributed by atoms with Crippen molar-refractivity contribution in [3.8, 4) is 5.75 Å². The third-order valence-corrected chi connectivity index (χ3v) is 4.10. The molecule has 1 aromatic rings. The van der Waals surface area contributed by atoms with Gasteiger partial charge in [0, 0.05) is 24.7 Å². The lowest BCUT2D eigenvalue weighted by molar-refractivity contribution is -0.119. The minimum atomic E-state index is -0.516. The Kier molecular flexibility index (Phi) is 4.82. The lowest BCUT2D eigenvalue weighted by atomic mass is 10.1. The number of carbonyl (C=O) groups is 3. The summed E-state index contributed by atoms with van der Waals surface area (Å²) in [5.74, 6) is -0.0316. The summed E-state index contributed by atoms with van der Waals surface area (Å²) in [6, 6.07) is 5.32. The molecule has 0 spiro atoms. The predicted molar refractivity (Wildman–Crippen MR) is 89.8 cm³/mol. The van der Waals surface area contributed by atoms with Crippen molar-refractivity contribution in [1.82, 2.24) is 10.2 Å². The fourth-order valence-corrected chi connectivity index (χ4v) is 2.83. The first-order chi connectivity index (χ1) is 11.9. The van der Waals surface area contributed by atoms with Crippen molar-refractivity contribution in [3.05, 3.63) is 23.8 Å². The maximum absolute atomic E-state index is 12.1. The quantitative estimate of drug-likeness (QED) is 0.814. The molecule has 130 valence electrons. The summed E-state index contributed by atoms with van der Waals surface area (Å²) in [5.41, 5.74) is 1.41. The molecule has 2 aliphatic heterocycles. The van der Waals surface area contributed by atoms with E-state index in [1.807, 2.05) is 0 Å². The van der Waals surface area contributed by atoms with Crippen LogP contribution in [0.3, 0.4) is 0 Å². The molecule has 0 aliphatic carbocycles. The van der Waals surface area contributed by atoms with Crippen molar-refractivity contribution in [3.63, 3.8) is 0 Å². The van der Waals surface area contributed by atoms with Crippen molar-refractivity contribution < 1.29 is 23.9 Å². The van der Waals surface area contributed by atoms with E-state index in [0.717, 1.165) is 5.56 Å². The second-order valence-electron chi connectivity index (χ2n) is 5.95. The Morgan fingerprint density at radius 1 is 1.40 bits per heavy atom. The molecule has 1 atom stereocenters. The fraction of sp³-hybridized carbons (Fsp3) is 0.438. The Bertz CT molecular complexity index is 711. The molecule has 0 saturated carbocycles. The van der Waals surface area contributed by atoms with Gasteiger partial charge >= 0.3 is 6.09 Å². The first-order valence-electron chi connectivity index (χ1n) is 7.96. The van der Waals surface area contributed by atoms with E-state index in [4.69, 9.17) is 17.3 Å². The van der Waals surface area contributed by atoms with E-state index in [9.17, 15) is 14.4 Å². The van der Waals surface area contributed by atoms with Crippen LogP contribution in [0.1, 0.15) is 12.5 Å². The van der Waals surface area contributed by atoms with Crippen molar-refractivity contribution in [2.75, 3.05) is 31.1 Å². The number of hydrogen-bond acceptors (Lipinski definition) is 5. The topological polar surface area (TPSA) is 88.2 Å². The Balaban J connectivity index is 1.76. The maximum Gasteiger partial charge on any atom is 0.414 e. The van der Waals surface area contributed by atoms with Crippen LogP contribution in [0.5, 0.6) is 5.75 Å². The molecule has 0 bridgehead atoms. The third kappa shape index (κ3) is 3.86. The summed E-state index contributed by atoms with van der Waals surface area (Å²) in [6.45, 7) is 3.09. The predicted octanol–water partition coefficient (Wildman–Crippen LogP) is 0.631. The Morgan fingerprint density at radius 3 is 2.92 bits per heavy atom. The molecule has 0 unspecified atom stereocenters. The van der Waals surface area contributed by atoms with Gasteiger partial charge < -0.3 is 19.7 Å². The number of hydrogen-bond donors (Lipinski definition) is 1. The van der Waals surface area contributed by atoms with Crippen LogP contribution >= 0.6 is 0 Å². The Hall–Kier alpha value is -2.71. The minimum Gasteiger partial charge on any atom is -0.491 e. The highest BCUT2D eigenvalue weighted by Gasteiger charge is 2.33. The molecule has 1 saturated heterocycles. The number of benzene rings is 1. The van der Waals surface area contributed by atoms with E-state index in [-0.39, 0.29) is 12.5 Å². The van der Waals surface area contributed by atoms with Gasteiger partial charge in [0.25, 0.3) is 0 Å². The van der Waals surface area contributed by atoms with Gasteiger partial charge in [-0.05, 0) is 18.2 Å². The molecule has 25 heavy (non-hydrogen) atoms. The fourth-order valence-electron chi connectivity index (χ4n) is 2.83. The summed E-state index contributed by atoms with van der Waals surface area (Å²) >= 11 is 0. The van der Waals surface area contributed by atoms with Crippen molar-refractivity contribution in [1.29, 1.82) is 0 Å². The Labute approximate surface area is 146 Å². The van der Waals surface area contributed by atoms with Gasteiger partial charge in [0.15, 0.2) is 5.81 Å². The van der Waals surface area contributed by atoms with Gasteiger partial charge in [-0.15, -0.1) is 0 Å².